The number of carbonyl (C=O) groups excluding carboxylic acids is 1. The largest absolute Gasteiger partial charge is 0.491 e. The Kier molecular flexibility index (Phi) is 4.04. The molecule has 0 amide bonds. The van der Waals surface area contributed by atoms with Crippen LogP contribution in [0.3, 0.4) is 0 Å². The molecule has 5 heteroatoms. The second-order valence-corrected chi connectivity index (χ2v) is 4.73. The second-order valence-electron chi connectivity index (χ2n) is 4.73. The summed E-state index contributed by atoms with van der Waals surface area (Å²) in [5.74, 6) is -0.0892. The number of hydrogen-bond acceptors (Lipinski definition) is 4. The minimum Gasteiger partial charge on any atom is -0.491 e. The highest BCUT2D eigenvalue weighted by Gasteiger charge is 2.51. The van der Waals surface area contributed by atoms with Crippen LogP contribution in [-0.4, -0.2) is 32.3 Å². The van der Waals surface area contributed by atoms with Crippen LogP contribution in [0.2, 0.25) is 0 Å². The first-order valence-corrected chi connectivity index (χ1v) is 6.28. The van der Waals surface area contributed by atoms with Crippen LogP contribution >= 0.6 is 0 Å². The molecule has 1 aromatic carbocycles. The fourth-order valence-corrected chi connectivity index (χ4v) is 2.23. The molecule has 1 aliphatic rings. The Morgan fingerprint density at radius 3 is 2.79 bits per heavy atom. The first-order chi connectivity index (χ1) is 9.12. The zero-order valence-electron chi connectivity index (χ0n) is 11.1. The lowest BCUT2D eigenvalue weighted by Crippen LogP contribution is -2.57. The Balaban J connectivity index is 2.10. The van der Waals surface area contributed by atoms with E-state index < -0.39 is 5.54 Å². The first kappa shape index (κ1) is 13.8. The number of esters is 1. The van der Waals surface area contributed by atoms with Gasteiger partial charge in [0.1, 0.15) is 18.2 Å². The van der Waals surface area contributed by atoms with Gasteiger partial charge < -0.3 is 14.8 Å². The fraction of sp³-hybridized carbons (Fsp3) is 0.500. The quantitative estimate of drug-likeness (QED) is 0.798. The zero-order valence-corrected chi connectivity index (χ0v) is 11.1. The summed E-state index contributed by atoms with van der Waals surface area (Å²) in [4.78, 5) is 12.0. The van der Waals surface area contributed by atoms with E-state index in [0.29, 0.717) is 5.75 Å². The molecule has 0 saturated heterocycles. The van der Waals surface area contributed by atoms with Crippen molar-refractivity contribution in [3.05, 3.63) is 30.1 Å². The Labute approximate surface area is 111 Å². The van der Waals surface area contributed by atoms with Crippen LogP contribution in [0.1, 0.15) is 12.8 Å². The average Bonchev–Trinajstić information content (AvgIpc) is 3.24. The first-order valence-electron chi connectivity index (χ1n) is 6.28. The summed E-state index contributed by atoms with van der Waals surface area (Å²) in [6.07, 6.45) is 1.92. The lowest BCUT2D eigenvalue weighted by Gasteiger charge is -2.30. The van der Waals surface area contributed by atoms with Crippen LogP contribution in [0.25, 0.3) is 0 Å². The summed E-state index contributed by atoms with van der Waals surface area (Å²) in [5.41, 5.74) is -0.846. The molecule has 0 spiro atoms. The minimum atomic E-state index is -0.846. The molecule has 2 rings (SSSR count). The van der Waals surface area contributed by atoms with Gasteiger partial charge in [0, 0.05) is 6.07 Å². The summed E-state index contributed by atoms with van der Waals surface area (Å²) < 4.78 is 23.5. The summed E-state index contributed by atoms with van der Waals surface area (Å²) in [5, 5.41) is 3.02. The molecule has 0 heterocycles. The molecule has 1 atom stereocenters. The van der Waals surface area contributed by atoms with E-state index in [4.69, 9.17) is 9.47 Å². The summed E-state index contributed by atoms with van der Waals surface area (Å²) in [6.45, 7) is 0.129. The van der Waals surface area contributed by atoms with E-state index in [-0.39, 0.29) is 24.3 Å². The Hall–Kier alpha value is -1.62. The van der Waals surface area contributed by atoms with E-state index in [1.807, 2.05) is 0 Å². The molecule has 0 aromatic heterocycles. The number of nitrogens with one attached hydrogen (secondary N) is 1. The topological polar surface area (TPSA) is 47.6 Å². The molecule has 1 aromatic rings. The Bertz CT molecular complexity index is 462. The van der Waals surface area contributed by atoms with Crippen LogP contribution < -0.4 is 10.1 Å². The summed E-state index contributed by atoms with van der Waals surface area (Å²) >= 11 is 0. The second kappa shape index (κ2) is 5.57. The van der Waals surface area contributed by atoms with E-state index in [1.165, 1.54) is 19.2 Å². The lowest BCUT2D eigenvalue weighted by atomic mass is 9.94. The van der Waals surface area contributed by atoms with Gasteiger partial charge in [0.2, 0.25) is 0 Å². The van der Waals surface area contributed by atoms with Gasteiger partial charge in [0.05, 0.1) is 7.11 Å². The van der Waals surface area contributed by atoms with Gasteiger partial charge in [-0.3, -0.25) is 0 Å². The SMILES string of the molecule is CNC(COc1cccc(F)c1)(C(=O)OC)C1CC1. The maximum absolute atomic E-state index is 13.1. The third-order valence-electron chi connectivity index (χ3n) is 3.53. The molecule has 0 radical (unpaired) electrons. The molecule has 19 heavy (non-hydrogen) atoms. The van der Waals surface area contributed by atoms with Crippen molar-refractivity contribution in [3.63, 3.8) is 0 Å². The van der Waals surface area contributed by atoms with E-state index in [9.17, 15) is 9.18 Å². The normalized spacial score (nSPS) is 17.6. The van der Waals surface area contributed by atoms with Gasteiger partial charge in [0.15, 0.2) is 5.54 Å². The molecule has 1 N–H and O–H groups in total. The maximum Gasteiger partial charge on any atom is 0.329 e. The van der Waals surface area contributed by atoms with Gasteiger partial charge in [0.25, 0.3) is 0 Å². The molecule has 4 nitrogen and oxygen atoms in total. The number of benzene rings is 1. The molecule has 1 saturated carbocycles. The van der Waals surface area contributed by atoms with Gasteiger partial charge >= 0.3 is 5.97 Å². The van der Waals surface area contributed by atoms with Crippen molar-refractivity contribution in [1.29, 1.82) is 0 Å². The van der Waals surface area contributed by atoms with Crippen molar-refractivity contribution in [2.75, 3.05) is 20.8 Å². The summed E-state index contributed by atoms with van der Waals surface area (Å²) in [6, 6.07) is 5.87. The van der Waals surface area contributed by atoms with Crippen molar-refractivity contribution < 1.29 is 18.7 Å². The van der Waals surface area contributed by atoms with Crippen molar-refractivity contribution in [2.24, 2.45) is 5.92 Å². The molecule has 1 aliphatic carbocycles. The van der Waals surface area contributed by atoms with Crippen molar-refractivity contribution in [2.45, 2.75) is 18.4 Å². The van der Waals surface area contributed by atoms with Crippen molar-refractivity contribution >= 4 is 5.97 Å². The zero-order chi connectivity index (χ0) is 13.9. The standard InChI is InChI=1S/C14H18FNO3/c1-16-14(10-6-7-10,13(17)18-2)9-19-12-5-3-4-11(15)8-12/h3-5,8,10,16H,6-7,9H2,1-2H3. The van der Waals surface area contributed by atoms with Crippen LogP contribution in [0.15, 0.2) is 24.3 Å². The van der Waals surface area contributed by atoms with Crippen LogP contribution in [0.5, 0.6) is 5.75 Å². The Morgan fingerprint density at radius 2 is 2.26 bits per heavy atom. The van der Waals surface area contributed by atoms with Crippen LogP contribution in [-0.2, 0) is 9.53 Å². The average molecular weight is 267 g/mol. The molecule has 104 valence electrons. The number of halogens is 1. The van der Waals surface area contributed by atoms with Gasteiger partial charge in [-0.05, 0) is 37.9 Å². The minimum absolute atomic E-state index is 0.129. The third kappa shape index (κ3) is 2.87. The molecular formula is C14H18FNO3. The van der Waals surface area contributed by atoms with Crippen LogP contribution in [0.4, 0.5) is 4.39 Å². The third-order valence-corrected chi connectivity index (χ3v) is 3.53. The predicted molar refractivity (Wildman–Crippen MR) is 68.4 cm³/mol. The highest BCUT2D eigenvalue weighted by molar-refractivity contribution is 5.82. The number of likely N-dealkylation sites (N-methyl/N-ethyl adjacent to an activating group) is 1. The highest BCUT2D eigenvalue weighted by Crippen LogP contribution is 2.40. The van der Waals surface area contributed by atoms with E-state index in [2.05, 4.69) is 5.32 Å². The van der Waals surface area contributed by atoms with E-state index >= 15 is 0 Å². The van der Waals surface area contributed by atoms with E-state index in [0.717, 1.165) is 12.8 Å². The fourth-order valence-electron chi connectivity index (χ4n) is 2.23. The number of carbonyl (C=O) groups is 1. The van der Waals surface area contributed by atoms with Gasteiger partial charge in [-0.15, -0.1) is 0 Å². The van der Waals surface area contributed by atoms with E-state index in [1.54, 1.807) is 19.2 Å². The molecule has 1 fully saturated rings. The number of hydrogen-bond donors (Lipinski definition) is 1. The van der Waals surface area contributed by atoms with Crippen LogP contribution in [0, 0.1) is 11.7 Å². The lowest BCUT2D eigenvalue weighted by molar-refractivity contribution is -0.151. The summed E-state index contributed by atoms with van der Waals surface area (Å²) in [7, 11) is 3.07. The predicted octanol–water partition coefficient (Wildman–Crippen LogP) is 1.75. The van der Waals surface area contributed by atoms with Gasteiger partial charge in [-0.1, -0.05) is 6.07 Å². The molecule has 0 aliphatic heterocycles. The highest BCUT2D eigenvalue weighted by atomic mass is 19.1. The monoisotopic (exact) mass is 267 g/mol. The number of ether oxygens (including phenoxy) is 2. The van der Waals surface area contributed by atoms with Gasteiger partial charge in [-0.2, -0.15) is 0 Å². The molecule has 0 bridgehead atoms. The number of rotatable bonds is 6. The van der Waals surface area contributed by atoms with Crippen molar-refractivity contribution in [3.8, 4) is 5.75 Å². The maximum atomic E-state index is 13.1. The van der Waals surface area contributed by atoms with Gasteiger partial charge in [-0.25, -0.2) is 9.18 Å². The number of methoxy groups -OCH3 is 1. The molecule has 1 unspecified atom stereocenters. The van der Waals surface area contributed by atoms with Crippen molar-refractivity contribution in [1.82, 2.24) is 5.32 Å². The molecular weight excluding hydrogens is 249 g/mol. The Morgan fingerprint density at radius 1 is 1.53 bits per heavy atom. The smallest absolute Gasteiger partial charge is 0.329 e.